The van der Waals surface area contributed by atoms with Crippen molar-refractivity contribution in [2.24, 2.45) is 0 Å². The Kier molecular flexibility index (Phi) is 10.4. The third kappa shape index (κ3) is 7.17. The molecule has 81 heavy (non-hydrogen) atoms. The Labute approximate surface area is 477 Å². The summed E-state index contributed by atoms with van der Waals surface area (Å²) in [5, 5.41) is 5.05. The molecular weight excluding hydrogens is 1000 g/mol. The molecule has 0 radical (unpaired) electrons. The Morgan fingerprint density at radius 2 is 0.864 bits per heavy atom. The van der Waals surface area contributed by atoms with Crippen molar-refractivity contribution in [2.45, 2.75) is 52.4 Å². The highest BCUT2D eigenvalue weighted by atomic mass is 32.1. The van der Waals surface area contributed by atoms with E-state index in [1.807, 2.05) is 11.3 Å². The largest absolute Gasteiger partial charge is 0.310 e. The molecule has 388 valence electrons. The van der Waals surface area contributed by atoms with Crippen LogP contribution >= 0.6 is 11.3 Å². The second-order valence-corrected chi connectivity index (χ2v) is 25.2. The Balaban J connectivity index is 1.04. The Morgan fingerprint density at radius 3 is 1.53 bits per heavy atom. The molecule has 0 saturated heterocycles. The van der Waals surface area contributed by atoms with Crippen molar-refractivity contribution < 1.29 is 0 Å². The number of anilines is 12. The molecule has 0 N–H and O–H groups in total. The van der Waals surface area contributed by atoms with Crippen molar-refractivity contribution in [3.63, 3.8) is 0 Å². The standard InChI is InChI=1S/C74H58BN5S/c1-73(2,3)47-34-38-51(39-35-47)76(52-40-36-48(37-41-52)74(4,5)6)53-42-43-59-65(44-53)78(64-32-18-27-58-56-25-14-16-33-68(56)81-72(58)64)66-45-54(77(49-20-9-7-10-21-49)50-22-11-8-12-23-50)46-67-69(66)75(59)60-28-19-31-63-71(60)80(67)62-30-17-26-57-55-24-13-15-29-61(55)79(63)70(57)62/h7-46H,1-6H3. The van der Waals surface area contributed by atoms with Crippen molar-refractivity contribution in [3.8, 4) is 5.69 Å². The molecule has 0 spiro atoms. The first-order valence-electron chi connectivity index (χ1n) is 28.4. The van der Waals surface area contributed by atoms with Gasteiger partial charge in [0.2, 0.25) is 0 Å². The number of hydrogen-bond donors (Lipinski definition) is 0. The highest BCUT2D eigenvalue weighted by Crippen LogP contribution is 2.55. The van der Waals surface area contributed by atoms with Crippen molar-refractivity contribution in [2.75, 3.05) is 19.6 Å². The molecule has 0 amide bonds. The summed E-state index contributed by atoms with van der Waals surface area (Å²) < 4.78 is 5.08. The lowest BCUT2D eigenvalue weighted by atomic mass is 9.33. The van der Waals surface area contributed by atoms with Gasteiger partial charge >= 0.3 is 0 Å². The van der Waals surface area contributed by atoms with E-state index in [9.17, 15) is 0 Å². The van der Waals surface area contributed by atoms with E-state index in [0.717, 1.165) is 51.2 Å². The predicted octanol–water partition coefficient (Wildman–Crippen LogP) is 19.1. The smallest absolute Gasteiger partial charge is 0.252 e. The summed E-state index contributed by atoms with van der Waals surface area (Å²) in [5.74, 6) is 0. The van der Waals surface area contributed by atoms with E-state index in [0.29, 0.717) is 0 Å². The van der Waals surface area contributed by atoms with E-state index in [1.54, 1.807) is 0 Å². The van der Waals surface area contributed by atoms with Crippen LogP contribution in [0.2, 0.25) is 0 Å². The lowest BCUT2D eigenvalue weighted by Gasteiger charge is -2.47. The summed E-state index contributed by atoms with van der Waals surface area (Å²) in [6, 6.07) is 91.4. The van der Waals surface area contributed by atoms with Crippen LogP contribution in [-0.2, 0) is 10.8 Å². The fourth-order valence-corrected chi connectivity index (χ4v) is 14.8. The monoisotopic (exact) mass is 1060 g/mol. The molecule has 0 fully saturated rings. The van der Waals surface area contributed by atoms with E-state index >= 15 is 0 Å². The van der Waals surface area contributed by atoms with Crippen LogP contribution < -0.4 is 36.0 Å². The fraction of sp³-hybridized carbons (Fsp3) is 0.108. The van der Waals surface area contributed by atoms with Gasteiger partial charge in [0.15, 0.2) is 0 Å². The summed E-state index contributed by atoms with van der Waals surface area (Å²) in [5.41, 5.74) is 23.7. The second-order valence-electron chi connectivity index (χ2n) is 24.2. The van der Waals surface area contributed by atoms with Gasteiger partial charge in [-0.2, -0.15) is 0 Å². The summed E-state index contributed by atoms with van der Waals surface area (Å²) in [6.45, 7) is 13.6. The molecule has 7 heteroatoms. The van der Waals surface area contributed by atoms with Crippen LogP contribution in [0.1, 0.15) is 52.7 Å². The zero-order chi connectivity index (χ0) is 54.5. The molecule has 3 aliphatic rings. The molecule has 11 aromatic carbocycles. The van der Waals surface area contributed by atoms with Crippen molar-refractivity contribution in [3.05, 3.63) is 254 Å². The summed E-state index contributed by atoms with van der Waals surface area (Å²) in [7, 11) is 0. The van der Waals surface area contributed by atoms with E-state index in [1.165, 1.54) is 92.2 Å². The minimum absolute atomic E-state index is 0.00802. The molecule has 13 aromatic rings. The van der Waals surface area contributed by atoms with Crippen molar-refractivity contribution in [1.29, 1.82) is 0 Å². The molecular formula is C74H58BN5S. The van der Waals surface area contributed by atoms with Crippen LogP contribution in [-0.4, -0.2) is 11.3 Å². The summed E-state index contributed by atoms with van der Waals surface area (Å²) in [4.78, 5) is 10.2. The van der Waals surface area contributed by atoms with Crippen LogP contribution in [0.4, 0.5) is 68.2 Å². The second kappa shape index (κ2) is 17.6. The lowest BCUT2D eigenvalue weighted by Crippen LogP contribution is -2.61. The third-order valence-corrected chi connectivity index (χ3v) is 18.6. The average Bonchev–Trinajstić information content (AvgIpc) is 4.20. The molecule has 16 rings (SSSR count). The maximum absolute atomic E-state index is 2.64. The zero-order valence-electron chi connectivity index (χ0n) is 46.3. The number of rotatable bonds is 7. The lowest BCUT2D eigenvalue weighted by molar-refractivity contribution is 0.590. The van der Waals surface area contributed by atoms with Crippen LogP contribution in [0, 0.1) is 0 Å². The van der Waals surface area contributed by atoms with Gasteiger partial charge in [-0.1, -0.05) is 181 Å². The highest BCUT2D eigenvalue weighted by molar-refractivity contribution is 7.26. The number of thiophene rings is 1. The molecule has 0 aliphatic carbocycles. The number of fused-ring (bicyclic) bond motifs is 12. The Morgan fingerprint density at radius 1 is 0.358 bits per heavy atom. The van der Waals surface area contributed by atoms with E-state index in [-0.39, 0.29) is 17.5 Å². The van der Waals surface area contributed by atoms with Gasteiger partial charge in [-0.3, -0.25) is 0 Å². The highest BCUT2D eigenvalue weighted by Gasteiger charge is 2.47. The van der Waals surface area contributed by atoms with Gasteiger partial charge in [0, 0.05) is 71.7 Å². The number of benzene rings is 11. The topological polar surface area (TPSA) is 17.9 Å². The van der Waals surface area contributed by atoms with Gasteiger partial charge in [-0.25, -0.2) is 0 Å². The third-order valence-electron chi connectivity index (χ3n) is 17.3. The summed E-state index contributed by atoms with van der Waals surface area (Å²) in [6.07, 6.45) is 0. The van der Waals surface area contributed by atoms with Crippen molar-refractivity contribution in [1.82, 2.24) is 4.57 Å². The molecule has 5 heterocycles. The first-order chi connectivity index (χ1) is 39.5. The van der Waals surface area contributed by atoms with Crippen molar-refractivity contribution >= 4 is 145 Å². The molecule has 3 aliphatic heterocycles. The van der Waals surface area contributed by atoms with Gasteiger partial charge in [0.1, 0.15) is 0 Å². The van der Waals surface area contributed by atoms with Gasteiger partial charge in [-0.05, 0) is 141 Å². The molecule has 5 nitrogen and oxygen atoms in total. The number of para-hydroxylation sites is 5. The predicted molar refractivity (Wildman–Crippen MR) is 348 cm³/mol. The number of aromatic nitrogens is 1. The number of nitrogens with zero attached hydrogens (tertiary/aromatic N) is 5. The molecule has 0 bridgehead atoms. The quantitative estimate of drug-likeness (QED) is 0.148. The van der Waals surface area contributed by atoms with Crippen LogP contribution in [0.25, 0.3) is 47.7 Å². The first-order valence-corrected chi connectivity index (χ1v) is 29.2. The SMILES string of the molecule is CC(C)(C)c1ccc(N(c2ccc(C(C)(C)C)cc2)c2ccc3c(c2)N(c2cccc4c2sc2ccccc24)c2cc(N(c4ccccc4)c4ccccc4)cc4c2B3c2cccc3c2N4c2cccc4c5ccccc5n-3c24)cc1. The van der Waals surface area contributed by atoms with Gasteiger partial charge in [0.05, 0.1) is 44.2 Å². The average molecular weight is 1060 g/mol. The van der Waals surface area contributed by atoms with Gasteiger partial charge in [0.25, 0.3) is 6.71 Å². The van der Waals surface area contributed by atoms with Gasteiger partial charge < -0.3 is 24.2 Å². The maximum Gasteiger partial charge on any atom is 0.252 e. The van der Waals surface area contributed by atoms with Crippen LogP contribution in [0.3, 0.4) is 0 Å². The molecule has 0 atom stereocenters. The van der Waals surface area contributed by atoms with Gasteiger partial charge in [-0.15, -0.1) is 11.3 Å². The normalized spacial score (nSPS) is 13.2. The van der Waals surface area contributed by atoms with E-state index < -0.39 is 0 Å². The zero-order valence-corrected chi connectivity index (χ0v) is 47.1. The summed E-state index contributed by atoms with van der Waals surface area (Å²) >= 11 is 1.89. The Bertz CT molecular complexity index is 4580. The van der Waals surface area contributed by atoms with Crippen LogP contribution in [0.15, 0.2) is 243 Å². The number of hydrogen-bond acceptors (Lipinski definition) is 5. The minimum atomic E-state index is -0.118. The maximum atomic E-state index is 2.64. The molecule has 2 aromatic heterocycles. The molecule has 0 saturated carbocycles. The Hall–Kier alpha value is -9.30. The van der Waals surface area contributed by atoms with Crippen LogP contribution in [0.5, 0.6) is 0 Å². The fourth-order valence-electron chi connectivity index (χ4n) is 13.6. The first kappa shape index (κ1) is 47.7. The van der Waals surface area contributed by atoms with E-state index in [2.05, 4.69) is 308 Å². The van der Waals surface area contributed by atoms with E-state index in [4.69, 9.17) is 0 Å². The minimum Gasteiger partial charge on any atom is -0.310 e. The molecule has 0 unspecified atom stereocenters.